The van der Waals surface area contributed by atoms with Crippen molar-refractivity contribution in [3.05, 3.63) is 28.2 Å². The van der Waals surface area contributed by atoms with Crippen LogP contribution in [0.3, 0.4) is 0 Å². The van der Waals surface area contributed by atoms with Crippen LogP contribution in [0.15, 0.2) is 22.7 Å². The summed E-state index contributed by atoms with van der Waals surface area (Å²) in [4.78, 5) is 35.1. The largest absolute Gasteiger partial charge is 0.478 e. The maximum absolute atomic E-state index is 11.6. The molecule has 1 N–H and O–H groups in total. The SMILES string of the molecule is O=C1CC(=O)N(c2cccc(Br)c2C(=O)O)C1. The standard InChI is InChI=1S/C11H8BrNO4/c12-7-2-1-3-8(10(7)11(16)17)13-5-6(14)4-9(13)15/h1-3H,4-5H2,(H,16,17). The highest BCUT2D eigenvalue weighted by atomic mass is 79.9. The summed E-state index contributed by atoms with van der Waals surface area (Å²) in [5.41, 5.74) is 0.248. The predicted molar refractivity (Wildman–Crippen MR) is 63.1 cm³/mol. The molecule has 0 saturated carbocycles. The molecule has 1 saturated heterocycles. The summed E-state index contributed by atoms with van der Waals surface area (Å²) in [6.07, 6.45) is -0.161. The first kappa shape index (κ1) is 11.8. The molecule has 1 aliphatic heterocycles. The maximum atomic E-state index is 11.6. The molecule has 1 amide bonds. The van der Waals surface area contributed by atoms with Gasteiger partial charge in [0.2, 0.25) is 5.91 Å². The fourth-order valence-electron chi connectivity index (χ4n) is 1.75. The van der Waals surface area contributed by atoms with Crippen LogP contribution in [-0.4, -0.2) is 29.3 Å². The molecule has 1 aliphatic rings. The summed E-state index contributed by atoms with van der Waals surface area (Å²) in [7, 11) is 0. The molecule has 0 aliphatic carbocycles. The van der Waals surface area contributed by atoms with Crippen LogP contribution in [0.1, 0.15) is 16.8 Å². The Morgan fingerprint density at radius 1 is 1.35 bits per heavy atom. The van der Waals surface area contributed by atoms with Crippen molar-refractivity contribution < 1.29 is 19.5 Å². The molecule has 2 rings (SSSR count). The Bertz CT molecular complexity index is 526. The Kier molecular flexibility index (Phi) is 2.97. The zero-order valence-corrected chi connectivity index (χ0v) is 10.2. The second-order valence-corrected chi connectivity index (χ2v) is 4.49. The summed E-state index contributed by atoms with van der Waals surface area (Å²) >= 11 is 3.13. The Labute approximate surface area is 105 Å². The lowest BCUT2D eigenvalue weighted by atomic mass is 10.1. The van der Waals surface area contributed by atoms with Crippen LogP contribution >= 0.6 is 15.9 Å². The number of rotatable bonds is 2. The number of carboxylic acid groups (broad SMARTS) is 1. The van der Waals surface area contributed by atoms with E-state index in [1.165, 1.54) is 11.0 Å². The summed E-state index contributed by atoms with van der Waals surface area (Å²) in [6.45, 7) is -0.0600. The van der Waals surface area contributed by atoms with Crippen molar-refractivity contribution in [1.82, 2.24) is 0 Å². The topological polar surface area (TPSA) is 74.7 Å². The molecule has 5 nitrogen and oxygen atoms in total. The smallest absolute Gasteiger partial charge is 0.338 e. The van der Waals surface area contributed by atoms with E-state index in [0.717, 1.165) is 0 Å². The zero-order chi connectivity index (χ0) is 12.6. The number of ketones is 1. The number of benzene rings is 1. The Morgan fingerprint density at radius 3 is 2.59 bits per heavy atom. The number of carbonyl (C=O) groups is 3. The number of aromatic carboxylic acids is 1. The Hall–Kier alpha value is -1.69. The lowest BCUT2D eigenvalue weighted by Gasteiger charge is -2.17. The van der Waals surface area contributed by atoms with Crippen molar-refractivity contribution in [3.63, 3.8) is 0 Å². The normalized spacial score (nSPS) is 15.5. The maximum Gasteiger partial charge on any atom is 0.338 e. The second kappa shape index (κ2) is 4.29. The van der Waals surface area contributed by atoms with Crippen molar-refractivity contribution in [3.8, 4) is 0 Å². The van der Waals surface area contributed by atoms with Crippen LogP contribution in [0.4, 0.5) is 5.69 Å². The van der Waals surface area contributed by atoms with Crippen LogP contribution in [0.5, 0.6) is 0 Å². The number of hydrogen-bond acceptors (Lipinski definition) is 3. The molecular formula is C11H8BrNO4. The summed E-state index contributed by atoms with van der Waals surface area (Å²) < 4.78 is 0.384. The molecule has 1 aromatic carbocycles. The van der Waals surface area contributed by atoms with Gasteiger partial charge in [-0.3, -0.25) is 9.59 Å². The first-order valence-electron chi connectivity index (χ1n) is 4.84. The number of hydrogen-bond donors (Lipinski definition) is 1. The van der Waals surface area contributed by atoms with E-state index in [0.29, 0.717) is 4.47 Å². The molecule has 0 unspecified atom stereocenters. The van der Waals surface area contributed by atoms with Crippen molar-refractivity contribution in [2.24, 2.45) is 0 Å². The Morgan fingerprint density at radius 2 is 2.06 bits per heavy atom. The van der Waals surface area contributed by atoms with E-state index in [9.17, 15) is 14.4 Å². The molecular weight excluding hydrogens is 290 g/mol. The van der Waals surface area contributed by atoms with Crippen LogP contribution in [0, 0.1) is 0 Å². The lowest BCUT2D eigenvalue weighted by Crippen LogP contribution is -2.26. The highest BCUT2D eigenvalue weighted by molar-refractivity contribution is 9.10. The average Bonchev–Trinajstić information content (AvgIpc) is 2.56. The number of halogens is 1. The van der Waals surface area contributed by atoms with Gasteiger partial charge in [-0.05, 0) is 28.1 Å². The van der Waals surface area contributed by atoms with Gasteiger partial charge in [0.25, 0.3) is 0 Å². The minimum absolute atomic E-state index is 0.00412. The van der Waals surface area contributed by atoms with Crippen LogP contribution < -0.4 is 4.90 Å². The van der Waals surface area contributed by atoms with Gasteiger partial charge in [-0.1, -0.05) is 6.07 Å². The van der Waals surface area contributed by atoms with Gasteiger partial charge < -0.3 is 10.0 Å². The lowest BCUT2D eigenvalue weighted by molar-refractivity contribution is -0.121. The molecule has 0 aromatic heterocycles. The van der Waals surface area contributed by atoms with E-state index >= 15 is 0 Å². The van der Waals surface area contributed by atoms with Crippen LogP contribution in [0.2, 0.25) is 0 Å². The van der Waals surface area contributed by atoms with Gasteiger partial charge in [0.15, 0.2) is 5.78 Å². The van der Waals surface area contributed by atoms with E-state index in [2.05, 4.69) is 15.9 Å². The van der Waals surface area contributed by atoms with Crippen LogP contribution in [0.25, 0.3) is 0 Å². The van der Waals surface area contributed by atoms with E-state index in [1.54, 1.807) is 12.1 Å². The van der Waals surface area contributed by atoms with Gasteiger partial charge in [0.05, 0.1) is 24.2 Å². The molecule has 1 aromatic rings. The van der Waals surface area contributed by atoms with Gasteiger partial charge >= 0.3 is 5.97 Å². The third-order valence-corrected chi connectivity index (χ3v) is 3.14. The third kappa shape index (κ3) is 2.08. The van der Waals surface area contributed by atoms with Crippen molar-refractivity contribution in [2.75, 3.05) is 11.4 Å². The minimum Gasteiger partial charge on any atom is -0.478 e. The fourth-order valence-corrected chi connectivity index (χ4v) is 2.28. The highest BCUT2D eigenvalue weighted by Gasteiger charge is 2.31. The van der Waals surface area contributed by atoms with Crippen LogP contribution in [-0.2, 0) is 9.59 Å². The predicted octanol–water partition coefficient (Wildman–Crippen LogP) is 1.45. The molecule has 1 fully saturated rings. The molecule has 0 atom stereocenters. The number of nitrogens with zero attached hydrogens (tertiary/aromatic N) is 1. The van der Waals surface area contributed by atoms with Gasteiger partial charge in [-0.15, -0.1) is 0 Å². The number of carboxylic acids is 1. The summed E-state index contributed by atoms with van der Waals surface area (Å²) in [6, 6.07) is 4.72. The van der Waals surface area contributed by atoms with Crippen molar-refractivity contribution in [1.29, 1.82) is 0 Å². The second-order valence-electron chi connectivity index (χ2n) is 3.63. The van der Waals surface area contributed by atoms with E-state index in [1.807, 2.05) is 0 Å². The molecule has 0 bridgehead atoms. The number of carbonyl (C=O) groups excluding carboxylic acids is 2. The number of anilines is 1. The van der Waals surface area contributed by atoms with Gasteiger partial charge in [0.1, 0.15) is 0 Å². The first-order valence-corrected chi connectivity index (χ1v) is 5.64. The molecule has 88 valence electrons. The molecule has 1 heterocycles. The number of amides is 1. The van der Waals surface area contributed by atoms with E-state index in [4.69, 9.17) is 5.11 Å². The van der Waals surface area contributed by atoms with Gasteiger partial charge in [0, 0.05) is 4.47 Å². The third-order valence-electron chi connectivity index (χ3n) is 2.48. The quantitative estimate of drug-likeness (QED) is 0.839. The van der Waals surface area contributed by atoms with E-state index < -0.39 is 5.97 Å². The van der Waals surface area contributed by atoms with Crippen molar-refractivity contribution in [2.45, 2.75) is 6.42 Å². The average molecular weight is 298 g/mol. The summed E-state index contributed by atoms with van der Waals surface area (Å²) in [5.74, 6) is -1.71. The van der Waals surface area contributed by atoms with E-state index in [-0.39, 0.29) is 35.9 Å². The Balaban J connectivity index is 2.52. The first-order chi connectivity index (χ1) is 8.00. The van der Waals surface area contributed by atoms with Gasteiger partial charge in [-0.2, -0.15) is 0 Å². The minimum atomic E-state index is -1.14. The highest BCUT2D eigenvalue weighted by Crippen LogP contribution is 2.30. The monoisotopic (exact) mass is 297 g/mol. The molecule has 17 heavy (non-hydrogen) atoms. The molecule has 0 radical (unpaired) electrons. The van der Waals surface area contributed by atoms with Gasteiger partial charge in [-0.25, -0.2) is 4.79 Å². The number of Topliss-reactive ketones (excluding diaryl/α,β-unsaturated/α-hetero) is 1. The summed E-state index contributed by atoms with van der Waals surface area (Å²) in [5, 5.41) is 9.11. The molecule has 0 spiro atoms. The molecule has 6 heteroatoms. The zero-order valence-electron chi connectivity index (χ0n) is 8.64. The fraction of sp³-hybridized carbons (Fsp3) is 0.182. The van der Waals surface area contributed by atoms with Crippen molar-refractivity contribution >= 4 is 39.3 Å².